The van der Waals surface area contributed by atoms with Crippen molar-refractivity contribution < 1.29 is 4.74 Å². The topological polar surface area (TPSA) is 12.5 Å². The first-order valence-electron chi connectivity index (χ1n) is 4.88. The Hall–Kier alpha value is -0.0800. The maximum Gasteiger partial charge on any atom is 0.0645 e. The third kappa shape index (κ3) is 2.20. The summed E-state index contributed by atoms with van der Waals surface area (Å²) in [5, 5.41) is 0. The molecule has 0 saturated carbocycles. The van der Waals surface area contributed by atoms with Crippen molar-refractivity contribution in [2.45, 2.75) is 45.7 Å². The second-order valence-corrected chi connectivity index (χ2v) is 4.51. The second kappa shape index (κ2) is 3.75. The normalized spacial score (nSPS) is 25.8. The summed E-state index contributed by atoms with van der Waals surface area (Å²) >= 11 is 0. The van der Waals surface area contributed by atoms with Gasteiger partial charge >= 0.3 is 0 Å². The molecule has 0 aromatic heterocycles. The zero-order valence-electron chi connectivity index (χ0n) is 8.76. The molecule has 1 aliphatic rings. The van der Waals surface area contributed by atoms with Crippen LogP contribution in [-0.4, -0.2) is 36.2 Å². The van der Waals surface area contributed by atoms with Gasteiger partial charge in [0, 0.05) is 24.7 Å². The Morgan fingerprint density at radius 2 is 2.00 bits per heavy atom. The Balaban J connectivity index is 2.65. The summed E-state index contributed by atoms with van der Waals surface area (Å²) in [6.07, 6.45) is 1.17. The zero-order valence-corrected chi connectivity index (χ0v) is 8.76. The third-order valence-electron chi connectivity index (χ3n) is 2.54. The molecule has 0 aromatic rings. The minimum atomic E-state index is 0.213. The number of nitrogens with zero attached hydrogens (tertiary/aromatic N) is 1. The van der Waals surface area contributed by atoms with E-state index in [0.717, 1.165) is 13.2 Å². The lowest BCUT2D eigenvalue weighted by Gasteiger charge is -2.39. The maximum atomic E-state index is 5.55. The molecule has 0 atom stereocenters. The summed E-state index contributed by atoms with van der Waals surface area (Å²) in [6, 6.07) is 0.627. The van der Waals surface area contributed by atoms with E-state index in [1.54, 1.807) is 0 Å². The Morgan fingerprint density at radius 3 is 2.58 bits per heavy atom. The van der Waals surface area contributed by atoms with E-state index in [2.05, 4.69) is 32.6 Å². The van der Waals surface area contributed by atoms with Gasteiger partial charge in [-0.1, -0.05) is 0 Å². The molecule has 0 radical (unpaired) electrons. The van der Waals surface area contributed by atoms with E-state index in [1.807, 2.05) is 0 Å². The number of rotatable bonds is 1. The van der Waals surface area contributed by atoms with Gasteiger partial charge in [0.15, 0.2) is 0 Å². The van der Waals surface area contributed by atoms with Crippen LogP contribution in [0.3, 0.4) is 0 Å². The fourth-order valence-corrected chi connectivity index (χ4v) is 2.00. The van der Waals surface area contributed by atoms with E-state index in [4.69, 9.17) is 4.74 Å². The van der Waals surface area contributed by atoms with Crippen LogP contribution < -0.4 is 0 Å². The fraction of sp³-hybridized carbons (Fsp3) is 1.00. The highest BCUT2D eigenvalue weighted by Gasteiger charge is 2.30. The predicted molar refractivity (Wildman–Crippen MR) is 51.4 cm³/mol. The van der Waals surface area contributed by atoms with E-state index in [-0.39, 0.29) is 5.54 Å². The highest BCUT2D eigenvalue weighted by molar-refractivity contribution is 4.85. The number of hydrogen-bond acceptors (Lipinski definition) is 2. The van der Waals surface area contributed by atoms with Gasteiger partial charge in [0.25, 0.3) is 0 Å². The van der Waals surface area contributed by atoms with Crippen LogP contribution in [-0.2, 0) is 4.74 Å². The Labute approximate surface area is 75.9 Å². The van der Waals surface area contributed by atoms with Gasteiger partial charge < -0.3 is 4.74 Å². The van der Waals surface area contributed by atoms with Gasteiger partial charge in [0.2, 0.25) is 0 Å². The molecule has 1 saturated heterocycles. The van der Waals surface area contributed by atoms with Gasteiger partial charge in [-0.05, 0) is 34.1 Å². The van der Waals surface area contributed by atoms with Crippen LogP contribution in [0, 0.1) is 0 Å². The van der Waals surface area contributed by atoms with Gasteiger partial charge in [-0.3, -0.25) is 4.90 Å². The first-order chi connectivity index (χ1) is 5.54. The SMILES string of the molecule is CC(C)N1CCCOCC1(C)C. The Morgan fingerprint density at radius 1 is 1.33 bits per heavy atom. The summed E-state index contributed by atoms with van der Waals surface area (Å²) < 4.78 is 5.55. The average molecular weight is 171 g/mol. The first kappa shape index (κ1) is 10.0. The molecule has 0 bridgehead atoms. The van der Waals surface area contributed by atoms with Crippen molar-refractivity contribution in [1.82, 2.24) is 4.90 Å². The highest BCUT2D eigenvalue weighted by atomic mass is 16.5. The summed E-state index contributed by atoms with van der Waals surface area (Å²) in [7, 11) is 0. The van der Waals surface area contributed by atoms with Gasteiger partial charge in [0.05, 0.1) is 6.61 Å². The van der Waals surface area contributed by atoms with Crippen molar-refractivity contribution in [2.24, 2.45) is 0 Å². The molecule has 0 N–H and O–H groups in total. The van der Waals surface area contributed by atoms with Gasteiger partial charge in [0.1, 0.15) is 0 Å². The Bertz CT molecular complexity index is 143. The molecule has 12 heavy (non-hydrogen) atoms. The van der Waals surface area contributed by atoms with Gasteiger partial charge in [-0.25, -0.2) is 0 Å². The van der Waals surface area contributed by atoms with Crippen LogP contribution >= 0.6 is 0 Å². The summed E-state index contributed by atoms with van der Waals surface area (Å²) in [5.41, 5.74) is 0.213. The van der Waals surface area contributed by atoms with Crippen LogP contribution in [0.4, 0.5) is 0 Å². The smallest absolute Gasteiger partial charge is 0.0645 e. The lowest BCUT2D eigenvalue weighted by molar-refractivity contribution is 0.0328. The van der Waals surface area contributed by atoms with Crippen molar-refractivity contribution in [2.75, 3.05) is 19.8 Å². The first-order valence-corrected chi connectivity index (χ1v) is 4.88. The van der Waals surface area contributed by atoms with Crippen LogP contribution in [0.2, 0.25) is 0 Å². The molecule has 2 heteroatoms. The predicted octanol–water partition coefficient (Wildman–Crippen LogP) is 1.90. The van der Waals surface area contributed by atoms with Crippen molar-refractivity contribution in [3.63, 3.8) is 0 Å². The molecule has 0 unspecified atom stereocenters. The summed E-state index contributed by atoms with van der Waals surface area (Å²) in [4.78, 5) is 2.53. The highest BCUT2D eigenvalue weighted by Crippen LogP contribution is 2.21. The van der Waals surface area contributed by atoms with E-state index in [1.165, 1.54) is 13.0 Å². The van der Waals surface area contributed by atoms with E-state index in [0.29, 0.717) is 6.04 Å². The molecular weight excluding hydrogens is 150 g/mol. The standard InChI is InChI=1S/C10H21NO/c1-9(2)11-6-5-7-12-8-10(11,3)4/h9H,5-8H2,1-4H3. The molecule has 0 aromatic carbocycles. The lowest BCUT2D eigenvalue weighted by Crippen LogP contribution is -2.49. The molecule has 0 spiro atoms. The summed E-state index contributed by atoms with van der Waals surface area (Å²) in [5.74, 6) is 0. The number of hydrogen-bond donors (Lipinski definition) is 0. The molecule has 1 fully saturated rings. The fourth-order valence-electron chi connectivity index (χ4n) is 2.00. The van der Waals surface area contributed by atoms with E-state index in [9.17, 15) is 0 Å². The molecular formula is C10H21NO. The molecule has 2 nitrogen and oxygen atoms in total. The van der Waals surface area contributed by atoms with Crippen molar-refractivity contribution in [3.05, 3.63) is 0 Å². The number of ether oxygens (including phenoxy) is 1. The van der Waals surface area contributed by atoms with Crippen LogP contribution in [0.15, 0.2) is 0 Å². The molecule has 0 amide bonds. The molecule has 1 aliphatic heterocycles. The third-order valence-corrected chi connectivity index (χ3v) is 2.54. The van der Waals surface area contributed by atoms with Crippen LogP contribution in [0.1, 0.15) is 34.1 Å². The van der Waals surface area contributed by atoms with Crippen molar-refractivity contribution in [1.29, 1.82) is 0 Å². The molecule has 0 aliphatic carbocycles. The van der Waals surface area contributed by atoms with E-state index >= 15 is 0 Å². The zero-order chi connectivity index (χ0) is 9.19. The van der Waals surface area contributed by atoms with Gasteiger partial charge in [-0.2, -0.15) is 0 Å². The van der Waals surface area contributed by atoms with Crippen LogP contribution in [0.25, 0.3) is 0 Å². The summed E-state index contributed by atoms with van der Waals surface area (Å²) in [6.45, 7) is 12.0. The minimum absolute atomic E-state index is 0.213. The quantitative estimate of drug-likeness (QED) is 0.597. The maximum absolute atomic E-state index is 5.55. The largest absolute Gasteiger partial charge is 0.379 e. The lowest BCUT2D eigenvalue weighted by atomic mass is 10.0. The minimum Gasteiger partial charge on any atom is -0.379 e. The van der Waals surface area contributed by atoms with Crippen molar-refractivity contribution >= 4 is 0 Å². The van der Waals surface area contributed by atoms with Gasteiger partial charge in [-0.15, -0.1) is 0 Å². The molecule has 72 valence electrons. The average Bonchev–Trinajstić information content (AvgIpc) is 2.09. The van der Waals surface area contributed by atoms with Crippen molar-refractivity contribution in [3.8, 4) is 0 Å². The monoisotopic (exact) mass is 171 g/mol. The Kier molecular flexibility index (Phi) is 3.13. The second-order valence-electron chi connectivity index (χ2n) is 4.51. The molecule has 1 rings (SSSR count). The molecule has 1 heterocycles. The van der Waals surface area contributed by atoms with E-state index < -0.39 is 0 Å². The van der Waals surface area contributed by atoms with Crippen LogP contribution in [0.5, 0.6) is 0 Å².